The zero-order chi connectivity index (χ0) is 55.3. The first-order valence-electron chi connectivity index (χ1n) is 25.8. The Balaban J connectivity index is -0.000000233. The molecule has 0 saturated carbocycles. The maximum Gasteiger partial charge on any atom is 1.00 e. The third-order valence-corrected chi connectivity index (χ3v) is 14.4. The maximum atomic E-state index is 11.5. The van der Waals surface area contributed by atoms with Crippen molar-refractivity contribution in [3.63, 3.8) is 0 Å². The summed E-state index contributed by atoms with van der Waals surface area (Å²) in [5.41, 5.74) is 0. The van der Waals surface area contributed by atoms with Crippen LogP contribution in [-0.2, 0) is 73.3 Å². The summed E-state index contributed by atoms with van der Waals surface area (Å²) < 4.78 is 107. The van der Waals surface area contributed by atoms with Crippen molar-refractivity contribution in [3.05, 3.63) is 0 Å². The van der Waals surface area contributed by atoms with E-state index in [1.54, 1.807) is 0 Å². The van der Waals surface area contributed by atoms with Crippen molar-refractivity contribution in [1.82, 2.24) is 0 Å². The molecule has 75 heavy (non-hydrogen) atoms. The van der Waals surface area contributed by atoms with Gasteiger partial charge in [0.2, 0.25) is 0 Å². The zero-order valence-corrected chi connectivity index (χ0v) is 54.6. The Morgan fingerprint density at radius 1 is 0.320 bits per heavy atom. The predicted molar refractivity (Wildman–Crippen MR) is 263 cm³/mol. The first-order chi connectivity index (χ1) is 33.9. The van der Waals surface area contributed by atoms with Crippen molar-refractivity contribution in [2.45, 2.75) is 248 Å². The minimum atomic E-state index is -4.82. The standard InChI is InChI=1S/3C16H30O7S.3Na/c3*1-2-3-4-5-6-7-8-9-10-11-12-23-16(19)14(13-15(17)18)24(20,21)22;;;/h3*14H,2-13H2,1H3,(H,17,18)(H,20,21,22);;;/q;;;3*+1/p-3. The van der Waals surface area contributed by atoms with Gasteiger partial charge in [-0.3, -0.25) is 28.0 Å². The molecule has 3 unspecified atom stereocenters. The zero-order valence-electron chi connectivity index (χ0n) is 46.1. The Morgan fingerprint density at radius 3 is 0.600 bits per heavy atom. The number of rotatable bonds is 45. The summed E-state index contributed by atoms with van der Waals surface area (Å²) in [6, 6.07) is 0. The van der Waals surface area contributed by atoms with E-state index in [2.05, 4.69) is 20.8 Å². The number of ether oxygens (including phenoxy) is 3. The van der Waals surface area contributed by atoms with Gasteiger partial charge in [0.05, 0.1) is 19.8 Å². The quantitative estimate of drug-likeness (QED) is 0.0175. The monoisotopic (exact) mass is 1160 g/mol. The Labute approximate surface area is 515 Å². The van der Waals surface area contributed by atoms with Crippen LogP contribution in [0.25, 0.3) is 0 Å². The Hall–Kier alpha value is -0.450. The van der Waals surface area contributed by atoms with Crippen LogP contribution in [0.2, 0.25) is 0 Å². The van der Waals surface area contributed by atoms with Crippen LogP contribution in [0.4, 0.5) is 0 Å². The number of hydrogen-bond acceptors (Lipinski definition) is 18. The molecule has 0 aromatic heterocycles. The van der Waals surface area contributed by atoms with Crippen molar-refractivity contribution in [2.75, 3.05) is 19.8 Å². The van der Waals surface area contributed by atoms with Crippen LogP contribution in [0.1, 0.15) is 233 Å². The van der Waals surface area contributed by atoms with Gasteiger partial charge in [-0.15, -0.1) is 0 Å². The van der Waals surface area contributed by atoms with Crippen LogP contribution in [0.15, 0.2) is 0 Å². The number of hydrogen-bond donors (Lipinski definition) is 3. The molecule has 21 nitrogen and oxygen atoms in total. The molecule has 0 aromatic carbocycles. The van der Waals surface area contributed by atoms with Crippen molar-refractivity contribution in [3.8, 4) is 0 Å². The number of carbonyl (C=O) groups excluding carboxylic acids is 6. The minimum absolute atomic E-state index is 0. The molecule has 0 aliphatic heterocycles. The molecule has 0 spiro atoms. The number of esters is 3. The molecule has 3 atom stereocenters. The second kappa shape index (κ2) is 55.5. The SMILES string of the molecule is CCCCCCCCCCCCOC(=O)C(CC(=O)[O-])S(=O)(=O)O.CCCCCCCCCCCCOC(=O)C(CC(=O)[O-])S(=O)(=O)O.CCCCCCCCCCCCOC(=O)C(CC(=O)[O-])S(=O)(=O)O.[Na+].[Na+].[Na+]. The van der Waals surface area contributed by atoms with Crippen LogP contribution < -0.4 is 104 Å². The molecule has 0 amide bonds. The first kappa shape index (κ1) is 85.8. The Bertz CT molecular complexity index is 1600. The molecule has 0 fully saturated rings. The van der Waals surface area contributed by atoms with Gasteiger partial charge < -0.3 is 43.9 Å². The first-order valence-corrected chi connectivity index (χ1v) is 30.4. The number of unbranched alkanes of at least 4 members (excludes halogenated alkanes) is 27. The molecular weight excluding hydrogens is 1080 g/mol. The van der Waals surface area contributed by atoms with Gasteiger partial charge in [0, 0.05) is 37.2 Å². The van der Waals surface area contributed by atoms with E-state index in [-0.39, 0.29) is 108 Å². The normalized spacial score (nSPS) is 12.2. The fraction of sp³-hybridized carbons (Fsp3) is 0.875. The van der Waals surface area contributed by atoms with Gasteiger partial charge in [-0.05, 0) is 19.3 Å². The van der Waals surface area contributed by atoms with Crippen molar-refractivity contribution < 1.29 is 186 Å². The number of carboxylic acids is 3. The van der Waals surface area contributed by atoms with Crippen LogP contribution in [0.5, 0.6) is 0 Å². The van der Waals surface area contributed by atoms with E-state index < -0.39 is 101 Å². The summed E-state index contributed by atoms with van der Waals surface area (Å²) in [7, 11) is -14.5. The van der Waals surface area contributed by atoms with Gasteiger partial charge in [0.25, 0.3) is 30.4 Å². The van der Waals surface area contributed by atoms with Crippen molar-refractivity contribution in [1.29, 1.82) is 0 Å². The van der Waals surface area contributed by atoms with E-state index >= 15 is 0 Å². The van der Waals surface area contributed by atoms with Gasteiger partial charge >= 0.3 is 107 Å². The largest absolute Gasteiger partial charge is 1.00 e. The topological polar surface area (TPSA) is 362 Å². The molecule has 0 bridgehead atoms. The van der Waals surface area contributed by atoms with Gasteiger partial charge in [0.15, 0.2) is 15.7 Å². The molecule has 426 valence electrons. The van der Waals surface area contributed by atoms with Crippen molar-refractivity contribution in [2.24, 2.45) is 0 Å². The number of aliphatic carboxylic acids is 3. The number of carbonyl (C=O) groups is 6. The van der Waals surface area contributed by atoms with Gasteiger partial charge in [-0.2, -0.15) is 25.3 Å². The molecule has 0 rings (SSSR count). The second-order valence-corrected chi connectivity index (χ2v) is 22.6. The third kappa shape index (κ3) is 58.0. The van der Waals surface area contributed by atoms with E-state index in [4.69, 9.17) is 27.9 Å². The van der Waals surface area contributed by atoms with Crippen LogP contribution >= 0.6 is 0 Å². The van der Waals surface area contributed by atoms with Crippen LogP contribution in [-0.4, -0.2) is 110 Å². The predicted octanol–water partition coefficient (Wildman–Crippen LogP) is -3.45. The van der Waals surface area contributed by atoms with Crippen molar-refractivity contribution >= 4 is 66.2 Å². The van der Waals surface area contributed by atoms with Gasteiger partial charge in [-0.1, -0.05) is 194 Å². The summed E-state index contributed by atoms with van der Waals surface area (Å²) in [6.45, 7) is 6.58. The van der Waals surface area contributed by atoms with E-state index in [1.807, 2.05) is 0 Å². The average Bonchev–Trinajstić information content (AvgIpc) is 3.28. The molecule has 0 aliphatic rings. The molecule has 3 N–H and O–H groups in total. The van der Waals surface area contributed by atoms with Gasteiger partial charge in [0.1, 0.15) is 0 Å². The molecule has 0 radical (unpaired) electrons. The van der Waals surface area contributed by atoms with Crippen LogP contribution in [0.3, 0.4) is 0 Å². The number of carboxylic acid groups (broad SMARTS) is 3. The second-order valence-electron chi connectivity index (χ2n) is 17.8. The molecule has 0 saturated heterocycles. The molecular formula is C48H87Na3O21S3. The Morgan fingerprint density at radius 2 is 0.467 bits per heavy atom. The fourth-order valence-electron chi connectivity index (χ4n) is 6.95. The summed E-state index contributed by atoms with van der Waals surface area (Å²) >= 11 is 0. The maximum absolute atomic E-state index is 11.5. The smallest absolute Gasteiger partial charge is 0.550 e. The van der Waals surface area contributed by atoms with E-state index in [1.165, 1.54) is 116 Å². The minimum Gasteiger partial charge on any atom is -0.550 e. The average molecular weight is 1170 g/mol. The van der Waals surface area contributed by atoms with E-state index in [0.717, 1.165) is 57.8 Å². The fourth-order valence-corrected chi connectivity index (χ4v) is 8.92. The van der Waals surface area contributed by atoms with E-state index in [0.29, 0.717) is 19.3 Å². The third-order valence-electron chi connectivity index (χ3n) is 11.2. The summed E-state index contributed by atoms with van der Waals surface area (Å²) in [5, 5.41) is 24.9. The van der Waals surface area contributed by atoms with E-state index in [9.17, 15) is 69.3 Å². The van der Waals surface area contributed by atoms with Gasteiger partial charge in [-0.25, -0.2) is 0 Å². The summed E-state index contributed by atoms with van der Waals surface area (Å²) in [6.07, 6.45) is 29.7. The molecule has 0 aromatic rings. The molecule has 0 aliphatic carbocycles. The summed E-state index contributed by atoms with van der Waals surface area (Å²) in [4.78, 5) is 65.9. The summed E-state index contributed by atoms with van der Waals surface area (Å²) in [5.74, 6) is -8.98. The van der Waals surface area contributed by atoms with Crippen LogP contribution in [0, 0.1) is 0 Å². The molecule has 27 heteroatoms. The Kier molecular flexibility index (Phi) is 63.5. The molecule has 0 heterocycles.